The number of quaternary nitrogens is 1. The van der Waals surface area contributed by atoms with Crippen LogP contribution >= 0.6 is 15.6 Å². The van der Waals surface area contributed by atoms with Crippen LogP contribution in [0.2, 0.25) is 0 Å². The largest absolute Gasteiger partial charge is 0.756 e. The molecular weight excluding hydrogens is 430 g/mol. The quantitative estimate of drug-likeness (QED) is 0.353. The first kappa shape index (κ1) is 24.1. The van der Waals surface area contributed by atoms with Crippen LogP contribution in [0.4, 0.5) is 5.82 Å². The van der Waals surface area contributed by atoms with Crippen LogP contribution in [0.3, 0.4) is 0 Å². The standard InChI is InChI=1S/C14H26N4O9P2/c1-18(2,3)8-9-24-28(20,21)27-29(22,23)25-10-11-4-5-13(26-11)17-7-6-12(15)16-14(17)19/h6-7,11,13H,4-5,8-10H2,1-3H3,(H3-,15,16,19,20,21,22,23). The number of phosphoric ester groups is 2. The molecule has 4 atom stereocenters. The number of phosphoric acid groups is 2. The van der Waals surface area contributed by atoms with E-state index in [4.69, 9.17) is 15.0 Å². The molecule has 4 unspecified atom stereocenters. The number of anilines is 1. The topological polar surface area (TPSA) is 175 Å². The lowest BCUT2D eigenvalue weighted by Gasteiger charge is -2.28. The summed E-state index contributed by atoms with van der Waals surface area (Å²) in [7, 11) is -4.51. The van der Waals surface area contributed by atoms with Crippen molar-refractivity contribution in [2.45, 2.75) is 25.2 Å². The summed E-state index contributed by atoms with van der Waals surface area (Å²) < 4.78 is 44.3. The second-order valence-corrected chi connectivity index (χ2v) is 10.5. The van der Waals surface area contributed by atoms with Gasteiger partial charge in [0.05, 0.1) is 33.9 Å². The highest BCUT2D eigenvalue weighted by atomic mass is 31.3. The van der Waals surface area contributed by atoms with Crippen molar-refractivity contribution in [3.8, 4) is 0 Å². The molecule has 1 aromatic rings. The van der Waals surface area contributed by atoms with E-state index >= 15 is 0 Å². The van der Waals surface area contributed by atoms with Crippen LogP contribution in [0.1, 0.15) is 19.1 Å². The zero-order chi connectivity index (χ0) is 21.9. The SMILES string of the molecule is C[N+](C)(C)CCOP(=O)([O-])OP(=O)(O)OCC1CCC(n2ccc(N)nc2=O)O1. The van der Waals surface area contributed by atoms with Crippen LogP contribution in [-0.4, -0.2) is 65.9 Å². The molecule has 29 heavy (non-hydrogen) atoms. The number of hydrogen-bond acceptors (Lipinski definition) is 10. The molecule has 0 aromatic carbocycles. The Kier molecular flexibility index (Phi) is 7.77. The molecule has 3 N–H and O–H groups in total. The minimum atomic E-state index is -5.04. The summed E-state index contributed by atoms with van der Waals surface area (Å²) in [6.07, 6.45) is 0.951. The van der Waals surface area contributed by atoms with Crippen LogP contribution < -0.4 is 16.3 Å². The van der Waals surface area contributed by atoms with Gasteiger partial charge in [-0.2, -0.15) is 4.98 Å². The van der Waals surface area contributed by atoms with Crippen molar-refractivity contribution in [3.05, 3.63) is 22.7 Å². The van der Waals surface area contributed by atoms with Crippen molar-refractivity contribution in [2.75, 3.05) is 46.6 Å². The van der Waals surface area contributed by atoms with Crippen molar-refractivity contribution < 1.29 is 41.5 Å². The third kappa shape index (κ3) is 8.25. The van der Waals surface area contributed by atoms with E-state index < -0.39 is 40.3 Å². The summed E-state index contributed by atoms with van der Waals surface area (Å²) in [6.45, 7) is -0.300. The van der Waals surface area contributed by atoms with Crippen LogP contribution in [0.5, 0.6) is 0 Å². The average Bonchev–Trinajstić information content (AvgIpc) is 2.99. The van der Waals surface area contributed by atoms with Crippen molar-refractivity contribution in [1.29, 1.82) is 0 Å². The Hall–Kier alpha value is -1.14. The summed E-state index contributed by atoms with van der Waals surface area (Å²) in [5.41, 5.74) is 4.84. The molecule has 2 rings (SSSR count). The van der Waals surface area contributed by atoms with E-state index in [9.17, 15) is 23.7 Å². The van der Waals surface area contributed by atoms with Gasteiger partial charge in [0.25, 0.3) is 7.82 Å². The molecule has 0 spiro atoms. The second-order valence-electron chi connectivity index (χ2n) is 7.47. The molecule has 13 nitrogen and oxygen atoms in total. The number of rotatable bonds is 10. The average molecular weight is 456 g/mol. The first-order valence-corrected chi connectivity index (χ1v) is 11.7. The number of nitrogens with zero attached hydrogens (tertiary/aromatic N) is 3. The molecule has 0 amide bonds. The Morgan fingerprint density at radius 3 is 2.69 bits per heavy atom. The van der Waals surface area contributed by atoms with Gasteiger partial charge in [0, 0.05) is 6.20 Å². The fraction of sp³-hybridized carbons (Fsp3) is 0.714. The predicted molar refractivity (Wildman–Crippen MR) is 99.4 cm³/mol. The zero-order valence-electron chi connectivity index (χ0n) is 16.4. The summed E-state index contributed by atoms with van der Waals surface area (Å²) in [5, 5.41) is 0. The highest BCUT2D eigenvalue weighted by Crippen LogP contribution is 2.58. The molecule has 1 fully saturated rings. The van der Waals surface area contributed by atoms with Crippen molar-refractivity contribution in [3.63, 3.8) is 0 Å². The van der Waals surface area contributed by atoms with Crippen molar-refractivity contribution in [1.82, 2.24) is 9.55 Å². The van der Waals surface area contributed by atoms with Crippen LogP contribution in [0.25, 0.3) is 0 Å². The summed E-state index contributed by atoms with van der Waals surface area (Å²) in [4.78, 5) is 36.8. The lowest BCUT2D eigenvalue weighted by atomic mass is 10.2. The van der Waals surface area contributed by atoms with Crippen LogP contribution in [0.15, 0.2) is 17.1 Å². The molecule has 0 aliphatic carbocycles. The van der Waals surface area contributed by atoms with Gasteiger partial charge in [0.2, 0.25) is 0 Å². The number of aromatic nitrogens is 2. The Morgan fingerprint density at radius 2 is 2.07 bits per heavy atom. The number of likely N-dealkylation sites (N-methyl/N-ethyl adjacent to an activating group) is 1. The molecule has 166 valence electrons. The third-order valence-electron chi connectivity index (χ3n) is 3.89. The first-order chi connectivity index (χ1) is 13.3. The van der Waals surface area contributed by atoms with Gasteiger partial charge in [-0.1, -0.05) is 0 Å². The maximum absolute atomic E-state index is 11.9. The van der Waals surface area contributed by atoms with Gasteiger partial charge in [-0.05, 0) is 18.9 Å². The molecule has 1 aliphatic heterocycles. The number of nitrogen functional groups attached to an aromatic ring is 1. The zero-order valence-corrected chi connectivity index (χ0v) is 18.2. The van der Waals surface area contributed by atoms with Gasteiger partial charge >= 0.3 is 13.5 Å². The summed E-state index contributed by atoms with van der Waals surface area (Å²) in [5.74, 6) is 0.0770. The van der Waals surface area contributed by atoms with E-state index in [2.05, 4.69) is 13.8 Å². The Labute approximate surface area is 167 Å². The van der Waals surface area contributed by atoms with E-state index in [1.54, 1.807) is 0 Å². The minimum absolute atomic E-state index is 0.0770. The van der Waals surface area contributed by atoms with E-state index in [1.807, 2.05) is 21.1 Å². The van der Waals surface area contributed by atoms with E-state index in [-0.39, 0.29) is 12.4 Å². The predicted octanol–water partition coefficient (Wildman–Crippen LogP) is -0.172. The van der Waals surface area contributed by atoms with E-state index in [0.29, 0.717) is 23.9 Å². The van der Waals surface area contributed by atoms with Gasteiger partial charge in [-0.3, -0.25) is 13.7 Å². The highest BCUT2D eigenvalue weighted by molar-refractivity contribution is 7.60. The normalized spacial score (nSPS) is 24.2. The van der Waals surface area contributed by atoms with E-state index in [1.165, 1.54) is 16.8 Å². The lowest BCUT2D eigenvalue weighted by molar-refractivity contribution is -0.870. The highest BCUT2D eigenvalue weighted by Gasteiger charge is 2.33. The molecule has 1 aliphatic rings. The van der Waals surface area contributed by atoms with Crippen molar-refractivity contribution in [2.24, 2.45) is 0 Å². The summed E-state index contributed by atoms with van der Waals surface area (Å²) in [6, 6.07) is 1.44. The first-order valence-electron chi connectivity index (χ1n) is 8.71. The monoisotopic (exact) mass is 456 g/mol. The maximum atomic E-state index is 11.9. The smallest absolute Gasteiger partial charge is 0.478 e. The number of ether oxygens (including phenoxy) is 1. The molecular formula is C14H26N4O9P2. The molecule has 0 saturated carbocycles. The van der Waals surface area contributed by atoms with Gasteiger partial charge in [-0.15, -0.1) is 0 Å². The molecule has 0 bridgehead atoms. The Bertz CT molecular complexity index is 856. The fourth-order valence-electron chi connectivity index (χ4n) is 2.44. The van der Waals surface area contributed by atoms with Crippen LogP contribution in [-0.2, 0) is 27.2 Å². The van der Waals surface area contributed by atoms with Crippen molar-refractivity contribution >= 4 is 21.5 Å². The molecule has 2 heterocycles. The summed E-state index contributed by atoms with van der Waals surface area (Å²) >= 11 is 0. The fourth-order valence-corrected chi connectivity index (χ4v) is 4.48. The Morgan fingerprint density at radius 1 is 1.38 bits per heavy atom. The molecule has 0 radical (unpaired) electrons. The van der Waals surface area contributed by atoms with E-state index in [0.717, 1.165) is 0 Å². The molecule has 15 heteroatoms. The maximum Gasteiger partial charge on any atom is 0.478 e. The molecule has 1 aromatic heterocycles. The van der Waals surface area contributed by atoms with Gasteiger partial charge in [0.15, 0.2) is 0 Å². The lowest BCUT2D eigenvalue weighted by Crippen LogP contribution is -2.37. The minimum Gasteiger partial charge on any atom is -0.756 e. The molecule has 1 saturated heterocycles. The van der Waals surface area contributed by atoms with Crippen LogP contribution in [0, 0.1) is 0 Å². The van der Waals surface area contributed by atoms with Gasteiger partial charge in [-0.25, -0.2) is 13.7 Å². The number of hydrogen-bond donors (Lipinski definition) is 2. The van der Waals surface area contributed by atoms with Gasteiger partial charge < -0.3 is 29.3 Å². The van der Waals surface area contributed by atoms with Gasteiger partial charge in [0.1, 0.15) is 25.2 Å². The second kappa shape index (κ2) is 9.34. The Balaban J connectivity index is 1.83. The third-order valence-corrected chi connectivity index (χ3v) is 6.48. The number of nitrogens with two attached hydrogens (primary N) is 1.